The number of rotatable bonds is 6. The van der Waals surface area contributed by atoms with Gasteiger partial charge in [0.05, 0.1) is 12.6 Å². The van der Waals surface area contributed by atoms with Crippen LogP contribution < -0.4 is 10.6 Å². The third kappa shape index (κ3) is 3.91. The molecule has 0 aromatic heterocycles. The highest BCUT2D eigenvalue weighted by Crippen LogP contribution is 2.42. The van der Waals surface area contributed by atoms with Crippen LogP contribution in [0.1, 0.15) is 43.1 Å². The molecule has 0 aliphatic heterocycles. The number of ether oxygens (including phenoxy) is 1. The molecule has 0 spiro atoms. The zero-order chi connectivity index (χ0) is 17.0. The topological polar surface area (TPSA) is 67.4 Å². The van der Waals surface area contributed by atoms with Gasteiger partial charge in [0.15, 0.2) is 0 Å². The summed E-state index contributed by atoms with van der Waals surface area (Å²) in [6, 6.07) is 7.41. The molecule has 1 saturated carbocycles. The van der Waals surface area contributed by atoms with Crippen molar-refractivity contribution >= 4 is 11.8 Å². The molecule has 0 unspecified atom stereocenters. The summed E-state index contributed by atoms with van der Waals surface area (Å²) < 4.78 is 5.65. The maximum Gasteiger partial charge on any atom is 0.251 e. The van der Waals surface area contributed by atoms with Gasteiger partial charge in [-0.05, 0) is 31.9 Å². The molecule has 2 N–H and O–H groups in total. The van der Waals surface area contributed by atoms with Crippen LogP contribution in [0.3, 0.4) is 0 Å². The van der Waals surface area contributed by atoms with Crippen LogP contribution in [0.25, 0.3) is 0 Å². The molecule has 1 aromatic rings. The zero-order valence-electron chi connectivity index (χ0n) is 14.3. The molecule has 1 fully saturated rings. The average molecular weight is 318 g/mol. The first kappa shape index (κ1) is 17.5. The Morgan fingerprint density at radius 3 is 2.61 bits per heavy atom. The zero-order valence-corrected chi connectivity index (χ0v) is 14.3. The van der Waals surface area contributed by atoms with E-state index in [2.05, 4.69) is 24.5 Å². The molecule has 1 aliphatic rings. The molecule has 126 valence electrons. The highest BCUT2D eigenvalue weighted by atomic mass is 16.5. The summed E-state index contributed by atoms with van der Waals surface area (Å²) in [4.78, 5) is 24.1. The molecule has 23 heavy (non-hydrogen) atoms. The van der Waals surface area contributed by atoms with Crippen LogP contribution in [-0.2, 0) is 9.53 Å². The van der Waals surface area contributed by atoms with E-state index in [0.29, 0.717) is 12.2 Å². The molecule has 0 saturated heterocycles. The van der Waals surface area contributed by atoms with Gasteiger partial charge in [-0.3, -0.25) is 9.59 Å². The summed E-state index contributed by atoms with van der Waals surface area (Å²) >= 11 is 0. The van der Waals surface area contributed by atoms with Gasteiger partial charge >= 0.3 is 0 Å². The van der Waals surface area contributed by atoms with Crippen molar-refractivity contribution in [3.63, 3.8) is 0 Å². The van der Waals surface area contributed by atoms with Crippen molar-refractivity contribution in [2.45, 2.75) is 46.3 Å². The lowest BCUT2D eigenvalue weighted by atomic mass is 9.64. The summed E-state index contributed by atoms with van der Waals surface area (Å²) in [5, 5.41) is 5.66. The SMILES string of the molecule is CCO[C@H]1C[C@H](NC(=O)CNC(=O)c2ccccc2C)C1(C)C. The summed E-state index contributed by atoms with van der Waals surface area (Å²) in [6.45, 7) is 8.70. The highest BCUT2D eigenvalue weighted by Gasteiger charge is 2.49. The molecule has 2 amide bonds. The number of aryl methyl sites for hydroxylation is 1. The molecule has 0 radical (unpaired) electrons. The summed E-state index contributed by atoms with van der Waals surface area (Å²) in [5.74, 6) is -0.390. The minimum absolute atomic E-state index is 0.0148. The Morgan fingerprint density at radius 1 is 1.30 bits per heavy atom. The Bertz CT molecular complexity index is 583. The highest BCUT2D eigenvalue weighted by molar-refractivity contribution is 5.97. The van der Waals surface area contributed by atoms with Crippen LogP contribution in [0.15, 0.2) is 24.3 Å². The fourth-order valence-electron chi connectivity index (χ4n) is 2.94. The van der Waals surface area contributed by atoms with E-state index in [1.807, 2.05) is 32.0 Å². The second-order valence-electron chi connectivity index (χ2n) is 6.62. The third-order valence-corrected chi connectivity index (χ3v) is 4.68. The normalized spacial score (nSPS) is 22.1. The standard InChI is InChI=1S/C18H26N2O3/c1-5-23-15-10-14(18(15,3)4)20-16(21)11-19-17(22)13-9-7-6-8-12(13)2/h6-9,14-15H,5,10-11H2,1-4H3,(H,19,22)(H,20,21)/t14-,15-/m0/s1. The molecule has 5 heteroatoms. The van der Waals surface area contributed by atoms with Gasteiger partial charge in [-0.25, -0.2) is 0 Å². The Hall–Kier alpha value is -1.88. The number of carbonyl (C=O) groups excluding carboxylic acids is 2. The number of hydrogen-bond donors (Lipinski definition) is 2. The van der Waals surface area contributed by atoms with Crippen molar-refractivity contribution in [2.75, 3.05) is 13.2 Å². The molecule has 1 aliphatic carbocycles. The minimum Gasteiger partial charge on any atom is -0.378 e. The first-order valence-corrected chi connectivity index (χ1v) is 8.11. The van der Waals surface area contributed by atoms with Crippen LogP contribution in [0.4, 0.5) is 0 Å². The summed E-state index contributed by atoms with van der Waals surface area (Å²) in [5.41, 5.74) is 1.41. The number of hydrogen-bond acceptors (Lipinski definition) is 3. The van der Waals surface area contributed by atoms with E-state index < -0.39 is 0 Å². The van der Waals surface area contributed by atoms with E-state index in [1.54, 1.807) is 6.07 Å². The lowest BCUT2D eigenvalue weighted by Crippen LogP contribution is -2.62. The number of nitrogens with one attached hydrogen (secondary N) is 2. The van der Waals surface area contributed by atoms with Gasteiger partial charge in [0.2, 0.25) is 5.91 Å². The lowest BCUT2D eigenvalue weighted by Gasteiger charge is -2.51. The van der Waals surface area contributed by atoms with E-state index in [9.17, 15) is 9.59 Å². The van der Waals surface area contributed by atoms with Crippen LogP contribution in [0.2, 0.25) is 0 Å². The monoisotopic (exact) mass is 318 g/mol. The predicted molar refractivity (Wildman–Crippen MR) is 89.3 cm³/mol. The summed E-state index contributed by atoms with van der Waals surface area (Å²) in [6.07, 6.45) is 0.998. The van der Waals surface area contributed by atoms with Gasteiger partial charge in [-0.2, -0.15) is 0 Å². The molecule has 2 rings (SSSR count). The number of carbonyl (C=O) groups is 2. The van der Waals surface area contributed by atoms with E-state index in [1.165, 1.54) is 0 Å². The lowest BCUT2D eigenvalue weighted by molar-refractivity contribution is -0.135. The van der Waals surface area contributed by atoms with E-state index >= 15 is 0 Å². The minimum atomic E-state index is -0.224. The molecule has 5 nitrogen and oxygen atoms in total. The van der Waals surface area contributed by atoms with Gasteiger partial charge in [-0.15, -0.1) is 0 Å². The van der Waals surface area contributed by atoms with Crippen molar-refractivity contribution in [2.24, 2.45) is 5.41 Å². The predicted octanol–water partition coefficient (Wildman–Crippen LogP) is 2.04. The second kappa shape index (κ2) is 7.13. The van der Waals surface area contributed by atoms with Crippen LogP contribution >= 0.6 is 0 Å². The van der Waals surface area contributed by atoms with Crippen LogP contribution in [0, 0.1) is 12.3 Å². The average Bonchev–Trinajstić information content (AvgIpc) is 2.52. The second-order valence-corrected chi connectivity index (χ2v) is 6.62. The Morgan fingerprint density at radius 2 is 2.00 bits per heavy atom. The third-order valence-electron chi connectivity index (χ3n) is 4.68. The fourth-order valence-corrected chi connectivity index (χ4v) is 2.94. The van der Waals surface area contributed by atoms with E-state index in [0.717, 1.165) is 12.0 Å². The van der Waals surface area contributed by atoms with Crippen molar-refractivity contribution in [1.29, 1.82) is 0 Å². The van der Waals surface area contributed by atoms with E-state index in [4.69, 9.17) is 4.74 Å². The molecular formula is C18H26N2O3. The van der Waals surface area contributed by atoms with Gasteiger partial charge < -0.3 is 15.4 Å². The Balaban J connectivity index is 1.80. The van der Waals surface area contributed by atoms with Crippen LogP contribution in [0.5, 0.6) is 0 Å². The van der Waals surface area contributed by atoms with Gasteiger partial charge in [0, 0.05) is 23.6 Å². The Kier molecular flexibility index (Phi) is 5.42. The molecule has 0 heterocycles. The quantitative estimate of drug-likeness (QED) is 0.843. The maximum atomic E-state index is 12.1. The van der Waals surface area contributed by atoms with Crippen LogP contribution in [-0.4, -0.2) is 37.1 Å². The van der Waals surface area contributed by atoms with Crippen molar-refractivity contribution in [1.82, 2.24) is 10.6 Å². The van der Waals surface area contributed by atoms with Crippen molar-refractivity contribution in [3.8, 4) is 0 Å². The smallest absolute Gasteiger partial charge is 0.251 e. The molecule has 1 aromatic carbocycles. The fraction of sp³-hybridized carbons (Fsp3) is 0.556. The first-order valence-electron chi connectivity index (χ1n) is 8.11. The van der Waals surface area contributed by atoms with Gasteiger partial charge in [0.1, 0.15) is 0 Å². The largest absolute Gasteiger partial charge is 0.378 e. The molecule has 0 bridgehead atoms. The number of amides is 2. The maximum absolute atomic E-state index is 12.1. The first-order chi connectivity index (χ1) is 10.9. The van der Waals surface area contributed by atoms with Gasteiger partial charge in [-0.1, -0.05) is 32.0 Å². The van der Waals surface area contributed by atoms with Crippen molar-refractivity contribution < 1.29 is 14.3 Å². The molecular weight excluding hydrogens is 292 g/mol. The summed E-state index contributed by atoms with van der Waals surface area (Å²) in [7, 11) is 0. The van der Waals surface area contributed by atoms with Crippen molar-refractivity contribution in [3.05, 3.63) is 35.4 Å². The number of benzene rings is 1. The van der Waals surface area contributed by atoms with E-state index in [-0.39, 0.29) is 35.9 Å². The Labute approximate surface area is 137 Å². The van der Waals surface area contributed by atoms with Gasteiger partial charge in [0.25, 0.3) is 5.91 Å². The molecule has 2 atom stereocenters.